The highest BCUT2D eigenvalue weighted by Gasteiger charge is 2.30. The number of sulfonamides is 1. The van der Waals surface area contributed by atoms with Crippen molar-refractivity contribution in [2.45, 2.75) is 18.8 Å². The largest absolute Gasteiger partial charge is 0.339 e. The van der Waals surface area contributed by atoms with Gasteiger partial charge in [-0.15, -0.1) is 0 Å². The molecule has 1 unspecified atom stereocenters. The third-order valence-corrected chi connectivity index (χ3v) is 5.54. The van der Waals surface area contributed by atoms with E-state index in [1.165, 1.54) is 10.6 Å². The molecule has 6 nitrogen and oxygen atoms in total. The molecular formula is C14H16BrN3O3S. The predicted molar refractivity (Wildman–Crippen MR) is 85.8 cm³/mol. The minimum atomic E-state index is -3.18. The van der Waals surface area contributed by atoms with E-state index in [4.69, 9.17) is 4.52 Å². The Balaban J connectivity index is 1.80. The van der Waals surface area contributed by atoms with Crippen LogP contribution in [0.3, 0.4) is 0 Å². The molecule has 22 heavy (non-hydrogen) atoms. The molecule has 1 aromatic carbocycles. The quantitative estimate of drug-likeness (QED) is 0.811. The minimum Gasteiger partial charge on any atom is -0.339 e. The summed E-state index contributed by atoms with van der Waals surface area (Å²) < 4.78 is 31.2. The summed E-state index contributed by atoms with van der Waals surface area (Å²) in [6.45, 7) is 0.962. The van der Waals surface area contributed by atoms with E-state index >= 15 is 0 Å². The molecule has 2 aromatic rings. The van der Waals surface area contributed by atoms with Crippen LogP contribution in [0, 0.1) is 0 Å². The van der Waals surface area contributed by atoms with E-state index in [1.807, 2.05) is 24.3 Å². The lowest BCUT2D eigenvalue weighted by Crippen LogP contribution is -2.38. The van der Waals surface area contributed by atoms with E-state index in [0.717, 1.165) is 22.9 Å². The molecule has 2 heterocycles. The van der Waals surface area contributed by atoms with Crippen LogP contribution >= 0.6 is 15.9 Å². The fourth-order valence-corrected chi connectivity index (χ4v) is 3.74. The van der Waals surface area contributed by atoms with Gasteiger partial charge in [0.05, 0.1) is 12.2 Å². The first-order valence-electron chi connectivity index (χ1n) is 6.98. The summed E-state index contributed by atoms with van der Waals surface area (Å²) >= 11 is 3.38. The Labute approximate surface area is 137 Å². The summed E-state index contributed by atoms with van der Waals surface area (Å²) in [7, 11) is -3.18. The molecule has 1 atom stereocenters. The summed E-state index contributed by atoms with van der Waals surface area (Å²) in [5.74, 6) is 0.991. The van der Waals surface area contributed by atoms with Gasteiger partial charge in [-0.1, -0.05) is 21.1 Å². The lowest BCUT2D eigenvalue weighted by molar-refractivity contribution is 0.266. The van der Waals surface area contributed by atoms with Gasteiger partial charge in [0.15, 0.2) is 0 Å². The van der Waals surface area contributed by atoms with Crippen LogP contribution in [0.2, 0.25) is 0 Å². The zero-order valence-electron chi connectivity index (χ0n) is 12.1. The van der Waals surface area contributed by atoms with Crippen molar-refractivity contribution in [1.29, 1.82) is 0 Å². The van der Waals surface area contributed by atoms with Crippen LogP contribution in [-0.2, 0) is 10.0 Å². The Morgan fingerprint density at radius 1 is 1.32 bits per heavy atom. The van der Waals surface area contributed by atoms with Crippen molar-refractivity contribution in [2.24, 2.45) is 0 Å². The molecule has 1 aliphatic heterocycles. The number of halogens is 1. The normalized spacial score (nSPS) is 20.2. The SMILES string of the molecule is CS(=O)(=O)N1CCCC(c2nc(-c3ccc(Br)cc3)no2)C1. The van der Waals surface area contributed by atoms with E-state index in [0.29, 0.717) is 24.8 Å². The summed E-state index contributed by atoms with van der Waals surface area (Å²) in [6, 6.07) is 7.64. The van der Waals surface area contributed by atoms with Gasteiger partial charge in [0.1, 0.15) is 0 Å². The Morgan fingerprint density at radius 2 is 2.05 bits per heavy atom. The fraction of sp³-hybridized carbons (Fsp3) is 0.429. The molecular weight excluding hydrogens is 370 g/mol. The molecule has 1 aromatic heterocycles. The van der Waals surface area contributed by atoms with E-state index < -0.39 is 10.0 Å². The van der Waals surface area contributed by atoms with Gasteiger partial charge in [0.25, 0.3) is 0 Å². The highest BCUT2D eigenvalue weighted by Crippen LogP contribution is 2.28. The first kappa shape index (κ1) is 15.6. The molecule has 0 amide bonds. The van der Waals surface area contributed by atoms with Crippen molar-refractivity contribution in [1.82, 2.24) is 14.4 Å². The van der Waals surface area contributed by atoms with E-state index in [-0.39, 0.29) is 5.92 Å². The topological polar surface area (TPSA) is 76.3 Å². The fourth-order valence-electron chi connectivity index (χ4n) is 2.56. The monoisotopic (exact) mass is 385 g/mol. The van der Waals surface area contributed by atoms with Gasteiger partial charge in [-0.3, -0.25) is 0 Å². The Kier molecular flexibility index (Phi) is 4.33. The van der Waals surface area contributed by atoms with E-state index in [2.05, 4.69) is 26.1 Å². The second kappa shape index (κ2) is 6.10. The number of benzene rings is 1. The van der Waals surface area contributed by atoms with Gasteiger partial charge in [-0.05, 0) is 37.1 Å². The number of hydrogen-bond donors (Lipinski definition) is 0. The number of nitrogens with zero attached hydrogens (tertiary/aromatic N) is 3. The van der Waals surface area contributed by atoms with Crippen molar-refractivity contribution in [3.05, 3.63) is 34.6 Å². The van der Waals surface area contributed by atoms with Gasteiger partial charge < -0.3 is 4.52 Å². The van der Waals surface area contributed by atoms with Crippen LogP contribution in [0.25, 0.3) is 11.4 Å². The predicted octanol–water partition coefficient (Wildman–Crippen LogP) is 2.64. The molecule has 0 saturated carbocycles. The molecule has 0 aliphatic carbocycles. The number of hydrogen-bond acceptors (Lipinski definition) is 5. The lowest BCUT2D eigenvalue weighted by Gasteiger charge is -2.28. The highest BCUT2D eigenvalue weighted by atomic mass is 79.9. The van der Waals surface area contributed by atoms with Gasteiger partial charge in [-0.25, -0.2) is 12.7 Å². The van der Waals surface area contributed by atoms with Crippen molar-refractivity contribution in [3.63, 3.8) is 0 Å². The zero-order valence-corrected chi connectivity index (χ0v) is 14.5. The van der Waals surface area contributed by atoms with Crippen molar-refractivity contribution < 1.29 is 12.9 Å². The van der Waals surface area contributed by atoms with Crippen molar-refractivity contribution in [3.8, 4) is 11.4 Å². The smallest absolute Gasteiger partial charge is 0.231 e. The van der Waals surface area contributed by atoms with Crippen LogP contribution < -0.4 is 0 Å². The molecule has 3 rings (SSSR count). The van der Waals surface area contributed by atoms with Gasteiger partial charge in [-0.2, -0.15) is 4.98 Å². The van der Waals surface area contributed by atoms with Gasteiger partial charge in [0, 0.05) is 23.1 Å². The molecule has 0 N–H and O–H groups in total. The van der Waals surface area contributed by atoms with E-state index in [1.54, 1.807) is 0 Å². The van der Waals surface area contributed by atoms with Gasteiger partial charge >= 0.3 is 0 Å². The molecule has 0 bridgehead atoms. The molecule has 1 aliphatic rings. The number of aromatic nitrogens is 2. The first-order chi connectivity index (χ1) is 10.4. The van der Waals surface area contributed by atoms with E-state index in [9.17, 15) is 8.42 Å². The van der Waals surface area contributed by atoms with Crippen molar-refractivity contribution >= 4 is 26.0 Å². The molecule has 118 valence electrons. The Hall–Kier alpha value is -1.25. The van der Waals surface area contributed by atoms with Crippen LogP contribution in [0.1, 0.15) is 24.7 Å². The first-order valence-corrected chi connectivity index (χ1v) is 9.62. The Bertz CT molecular complexity index is 758. The van der Waals surface area contributed by atoms with Gasteiger partial charge in [0.2, 0.25) is 21.7 Å². The second-order valence-electron chi connectivity index (χ2n) is 5.42. The number of rotatable bonds is 3. The molecule has 0 spiro atoms. The summed E-state index contributed by atoms with van der Waals surface area (Å²) in [6.07, 6.45) is 2.89. The molecule has 1 fully saturated rings. The number of piperidine rings is 1. The molecule has 1 saturated heterocycles. The summed E-state index contributed by atoms with van der Waals surface area (Å²) in [4.78, 5) is 4.44. The highest BCUT2D eigenvalue weighted by molar-refractivity contribution is 9.10. The maximum Gasteiger partial charge on any atom is 0.231 e. The Morgan fingerprint density at radius 3 is 2.73 bits per heavy atom. The molecule has 0 radical (unpaired) electrons. The van der Waals surface area contributed by atoms with Crippen LogP contribution in [0.4, 0.5) is 0 Å². The average Bonchev–Trinajstić information content (AvgIpc) is 2.97. The maximum atomic E-state index is 11.7. The standard InChI is InChI=1S/C14H16BrN3O3S/c1-22(19,20)18-8-2-3-11(9-18)14-16-13(17-21-14)10-4-6-12(15)7-5-10/h4-7,11H,2-3,8-9H2,1H3. The third kappa shape index (κ3) is 3.39. The maximum absolute atomic E-state index is 11.7. The summed E-state index contributed by atoms with van der Waals surface area (Å²) in [5, 5.41) is 4.01. The second-order valence-corrected chi connectivity index (χ2v) is 8.32. The van der Waals surface area contributed by atoms with Crippen molar-refractivity contribution in [2.75, 3.05) is 19.3 Å². The third-order valence-electron chi connectivity index (χ3n) is 3.75. The summed E-state index contributed by atoms with van der Waals surface area (Å²) in [5.41, 5.74) is 0.869. The van der Waals surface area contributed by atoms with Crippen LogP contribution in [0.15, 0.2) is 33.3 Å². The molecule has 8 heteroatoms. The van der Waals surface area contributed by atoms with Crippen LogP contribution in [-0.4, -0.2) is 42.2 Å². The minimum absolute atomic E-state index is 0.0415. The van der Waals surface area contributed by atoms with Crippen LogP contribution in [0.5, 0.6) is 0 Å². The lowest BCUT2D eigenvalue weighted by atomic mass is 10.00. The zero-order chi connectivity index (χ0) is 15.7. The average molecular weight is 386 g/mol.